The lowest BCUT2D eigenvalue weighted by atomic mass is 9.94. The van der Waals surface area contributed by atoms with Crippen molar-refractivity contribution in [2.75, 3.05) is 13.1 Å². The molecule has 1 N–H and O–H groups in total. The van der Waals surface area contributed by atoms with Gasteiger partial charge in [-0.3, -0.25) is 0 Å². The standard InChI is InChI=1S/C13H13F3N4O/c14-13(15,16)12-19-11(20-21-12)10-3-1-2-9(18-10)8-4-6-17-7-5-8/h1-3,8,17H,4-7H2. The van der Waals surface area contributed by atoms with E-state index in [1.54, 1.807) is 12.1 Å². The largest absolute Gasteiger partial charge is 0.471 e. The Morgan fingerprint density at radius 1 is 1.14 bits per heavy atom. The third kappa shape index (κ3) is 3.05. The lowest BCUT2D eigenvalue weighted by molar-refractivity contribution is -0.159. The summed E-state index contributed by atoms with van der Waals surface area (Å²) in [4.78, 5) is 7.74. The molecule has 1 aliphatic heterocycles. The van der Waals surface area contributed by atoms with Crippen molar-refractivity contribution in [3.05, 3.63) is 29.8 Å². The molecule has 0 aliphatic carbocycles. The molecule has 2 aromatic rings. The minimum atomic E-state index is -4.64. The molecule has 5 nitrogen and oxygen atoms in total. The molecule has 21 heavy (non-hydrogen) atoms. The molecular formula is C13H13F3N4O. The zero-order valence-electron chi connectivity index (χ0n) is 11.0. The van der Waals surface area contributed by atoms with Gasteiger partial charge in [-0.05, 0) is 38.1 Å². The van der Waals surface area contributed by atoms with Crippen LogP contribution in [0.25, 0.3) is 11.5 Å². The molecule has 112 valence electrons. The van der Waals surface area contributed by atoms with Gasteiger partial charge in [0.1, 0.15) is 5.69 Å². The number of nitrogens with one attached hydrogen (secondary N) is 1. The smallest absolute Gasteiger partial charge is 0.329 e. The van der Waals surface area contributed by atoms with E-state index in [9.17, 15) is 13.2 Å². The Morgan fingerprint density at radius 3 is 2.57 bits per heavy atom. The van der Waals surface area contributed by atoms with Crippen molar-refractivity contribution in [2.45, 2.75) is 24.9 Å². The number of nitrogens with zero attached hydrogens (tertiary/aromatic N) is 3. The number of halogens is 3. The fourth-order valence-corrected chi connectivity index (χ4v) is 2.36. The second-order valence-corrected chi connectivity index (χ2v) is 4.89. The van der Waals surface area contributed by atoms with Gasteiger partial charge in [0.15, 0.2) is 0 Å². The average Bonchev–Trinajstić information content (AvgIpc) is 2.98. The fraction of sp³-hybridized carbons (Fsp3) is 0.462. The predicted molar refractivity (Wildman–Crippen MR) is 67.4 cm³/mol. The third-order valence-corrected chi connectivity index (χ3v) is 3.43. The van der Waals surface area contributed by atoms with E-state index < -0.39 is 12.1 Å². The Hall–Kier alpha value is -1.96. The molecule has 0 atom stereocenters. The summed E-state index contributed by atoms with van der Waals surface area (Å²) in [5.74, 6) is -1.19. The minimum Gasteiger partial charge on any atom is -0.329 e. The van der Waals surface area contributed by atoms with Crippen LogP contribution in [0.4, 0.5) is 13.2 Å². The first-order chi connectivity index (χ1) is 10.0. The normalized spacial score (nSPS) is 17.1. The number of rotatable bonds is 2. The summed E-state index contributed by atoms with van der Waals surface area (Å²) in [5.41, 5.74) is 1.15. The lowest BCUT2D eigenvalue weighted by Gasteiger charge is -2.22. The first-order valence-corrected chi connectivity index (χ1v) is 6.63. The summed E-state index contributed by atoms with van der Waals surface area (Å²) < 4.78 is 41.6. The number of pyridine rings is 1. The van der Waals surface area contributed by atoms with Crippen LogP contribution in [0.15, 0.2) is 22.7 Å². The van der Waals surface area contributed by atoms with Gasteiger partial charge >= 0.3 is 12.1 Å². The minimum absolute atomic E-state index is 0.141. The lowest BCUT2D eigenvalue weighted by Crippen LogP contribution is -2.27. The Morgan fingerprint density at radius 2 is 1.90 bits per heavy atom. The zero-order chi connectivity index (χ0) is 14.9. The maximum Gasteiger partial charge on any atom is 0.471 e. The summed E-state index contributed by atoms with van der Waals surface area (Å²) in [7, 11) is 0. The van der Waals surface area contributed by atoms with Crippen molar-refractivity contribution in [2.24, 2.45) is 0 Å². The molecule has 3 rings (SSSR count). The molecular weight excluding hydrogens is 285 g/mol. The molecule has 0 aromatic carbocycles. The molecule has 1 aliphatic rings. The zero-order valence-corrected chi connectivity index (χ0v) is 11.0. The quantitative estimate of drug-likeness (QED) is 0.923. The van der Waals surface area contributed by atoms with Crippen molar-refractivity contribution in [3.63, 3.8) is 0 Å². The Kier molecular flexibility index (Phi) is 3.62. The number of piperidine rings is 1. The highest BCUT2D eigenvalue weighted by molar-refractivity contribution is 5.48. The maximum atomic E-state index is 12.5. The highest BCUT2D eigenvalue weighted by Crippen LogP contribution is 2.30. The van der Waals surface area contributed by atoms with E-state index >= 15 is 0 Å². The first kappa shape index (κ1) is 14.0. The second kappa shape index (κ2) is 5.44. The van der Waals surface area contributed by atoms with Gasteiger partial charge < -0.3 is 9.84 Å². The van der Waals surface area contributed by atoms with Gasteiger partial charge in [0.25, 0.3) is 0 Å². The first-order valence-electron chi connectivity index (χ1n) is 6.63. The van der Waals surface area contributed by atoms with Crippen molar-refractivity contribution in [1.29, 1.82) is 0 Å². The molecule has 0 bridgehead atoms. The van der Waals surface area contributed by atoms with Crippen LogP contribution < -0.4 is 5.32 Å². The van der Waals surface area contributed by atoms with Crippen LogP contribution in [0.3, 0.4) is 0 Å². The van der Waals surface area contributed by atoms with Crippen LogP contribution in [0.2, 0.25) is 0 Å². The topological polar surface area (TPSA) is 63.8 Å². The molecule has 0 spiro atoms. The molecule has 8 heteroatoms. The summed E-state index contributed by atoms with van der Waals surface area (Å²) in [6.07, 6.45) is -2.73. The number of aromatic nitrogens is 3. The van der Waals surface area contributed by atoms with Crippen molar-refractivity contribution < 1.29 is 17.7 Å². The van der Waals surface area contributed by atoms with E-state index in [0.717, 1.165) is 31.6 Å². The Bertz CT molecular complexity index is 620. The predicted octanol–water partition coefficient (Wildman–Crippen LogP) is 2.62. The SMILES string of the molecule is FC(F)(F)c1nc(-c2cccc(C3CCNCC3)n2)no1. The van der Waals surface area contributed by atoms with Crippen LogP contribution in [0.1, 0.15) is 30.3 Å². The van der Waals surface area contributed by atoms with Gasteiger partial charge in [0.2, 0.25) is 5.82 Å². The highest BCUT2D eigenvalue weighted by Gasteiger charge is 2.38. The van der Waals surface area contributed by atoms with E-state index in [1.807, 2.05) is 6.07 Å². The summed E-state index contributed by atoms with van der Waals surface area (Å²) in [6, 6.07) is 5.21. The second-order valence-electron chi connectivity index (χ2n) is 4.89. The molecule has 2 aromatic heterocycles. The molecule has 0 radical (unpaired) electrons. The van der Waals surface area contributed by atoms with Gasteiger partial charge in [-0.2, -0.15) is 18.2 Å². The molecule has 1 saturated heterocycles. The molecule has 0 saturated carbocycles. The van der Waals surface area contributed by atoms with E-state index in [1.165, 1.54) is 0 Å². The van der Waals surface area contributed by atoms with E-state index in [2.05, 4.69) is 25.0 Å². The van der Waals surface area contributed by atoms with Crippen molar-refractivity contribution in [3.8, 4) is 11.5 Å². The number of hydrogen-bond donors (Lipinski definition) is 1. The number of alkyl halides is 3. The van der Waals surface area contributed by atoms with Gasteiger partial charge in [0.05, 0.1) is 0 Å². The molecule has 0 unspecified atom stereocenters. The van der Waals surface area contributed by atoms with Gasteiger partial charge in [-0.15, -0.1) is 0 Å². The average molecular weight is 298 g/mol. The van der Waals surface area contributed by atoms with Crippen LogP contribution in [-0.4, -0.2) is 28.2 Å². The Balaban J connectivity index is 1.87. The summed E-state index contributed by atoms with van der Waals surface area (Å²) in [6.45, 7) is 1.83. The fourth-order valence-electron chi connectivity index (χ4n) is 2.36. The van der Waals surface area contributed by atoms with Crippen molar-refractivity contribution in [1.82, 2.24) is 20.4 Å². The third-order valence-electron chi connectivity index (χ3n) is 3.43. The van der Waals surface area contributed by atoms with E-state index in [4.69, 9.17) is 0 Å². The maximum absolute atomic E-state index is 12.5. The van der Waals surface area contributed by atoms with Gasteiger partial charge in [-0.25, -0.2) is 4.98 Å². The van der Waals surface area contributed by atoms with Crippen molar-refractivity contribution >= 4 is 0 Å². The van der Waals surface area contributed by atoms with Crippen LogP contribution in [-0.2, 0) is 6.18 Å². The van der Waals surface area contributed by atoms with Gasteiger partial charge in [-0.1, -0.05) is 11.2 Å². The summed E-state index contributed by atoms with van der Waals surface area (Å²) >= 11 is 0. The molecule has 1 fully saturated rings. The van der Waals surface area contributed by atoms with Crippen LogP contribution in [0, 0.1) is 0 Å². The van der Waals surface area contributed by atoms with Crippen LogP contribution in [0.5, 0.6) is 0 Å². The molecule has 0 amide bonds. The highest BCUT2D eigenvalue weighted by atomic mass is 19.4. The monoisotopic (exact) mass is 298 g/mol. The summed E-state index contributed by atoms with van der Waals surface area (Å²) in [5, 5.41) is 6.62. The van der Waals surface area contributed by atoms with Crippen LogP contribution >= 0.6 is 0 Å². The van der Waals surface area contributed by atoms with Gasteiger partial charge in [0, 0.05) is 11.6 Å². The Labute approximate surface area is 118 Å². The van der Waals surface area contributed by atoms with E-state index in [0.29, 0.717) is 11.6 Å². The molecule has 3 heterocycles. The van der Waals surface area contributed by atoms with E-state index in [-0.39, 0.29) is 5.82 Å². The number of hydrogen-bond acceptors (Lipinski definition) is 5.